The molecule has 1 N–H and O–H groups in total. The van der Waals surface area contributed by atoms with Crippen LogP contribution in [0.1, 0.15) is 47.0 Å². The predicted molar refractivity (Wildman–Crippen MR) is 72.1 cm³/mol. The molecular formula is C14H25N3. The number of nitrogens with one attached hydrogen (secondary N) is 1. The zero-order chi connectivity index (χ0) is 12.5. The third kappa shape index (κ3) is 3.02. The van der Waals surface area contributed by atoms with E-state index in [4.69, 9.17) is 0 Å². The van der Waals surface area contributed by atoms with E-state index in [1.165, 1.54) is 24.9 Å². The molecule has 1 aliphatic carbocycles. The van der Waals surface area contributed by atoms with Crippen molar-refractivity contribution < 1.29 is 0 Å². The lowest BCUT2D eigenvalue weighted by molar-refractivity contribution is 0.177. The highest BCUT2D eigenvalue weighted by molar-refractivity contribution is 5.39. The highest BCUT2D eigenvalue weighted by Crippen LogP contribution is 2.39. The predicted octanol–water partition coefficient (Wildman–Crippen LogP) is 3.53. The molecule has 2 rings (SSSR count). The van der Waals surface area contributed by atoms with Gasteiger partial charge in [0.25, 0.3) is 0 Å². The Balaban J connectivity index is 1.95. The summed E-state index contributed by atoms with van der Waals surface area (Å²) < 4.78 is 1.97. The number of hydrogen-bond donors (Lipinski definition) is 1. The molecule has 0 bridgehead atoms. The molecule has 0 saturated heterocycles. The summed E-state index contributed by atoms with van der Waals surface area (Å²) in [6.07, 6.45) is 7.94. The van der Waals surface area contributed by atoms with E-state index in [1.807, 2.05) is 10.9 Å². The van der Waals surface area contributed by atoms with Crippen molar-refractivity contribution in [2.75, 3.05) is 5.32 Å². The van der Waals surface area contributed by atoms with Crippen LogP contribution in [0.4, 0.5) is 5.69 Å². The molecule has 3 heteroatoms. The van der Waals surface area contributed by atoms with Crippen LogP contribution >= 0.6 is 0 Å². The lowest BCUT2D eigenvalue weighted by Gasteiger charge is -2.39. The van der Waals surface area contributed by atoms with Gasteiger partial charge in [-0.05, 0) is 37.5 Å². The first kappa shape index (κ1) is 12.5. The zero-order valence-corrected chi connectivity index (χ0v) is 11.5. The molecule has 0 spiro atoms. The summed E-state index contributed by atoms with van der Waals surface area (Å²) in [4.78, 5) is 0. The Labute approximate surface area is 105 Å². The molecule has 3 nitrogen and oxygen atoms in total. The Morgan fingerprint density at radius 3 is 2.88 bits per heavy atom. The molecule has 1 aromatic rings. The van der Waals surface area contributed by atoms with Crippen LogP contribution in [-0.2, 0) is 6.54 Å². The van der Waals surface area contributed by atoms with Gasteiger partial charge >= 0.3 is 0 Å². The lowest BCUT2D eigenvalue weighted by atomic mass is 9.70. The van der Waals surface area contributed by atoms with E-state index in [1.54, 1.807) is 0 Å². The van der Waals surface area contributed by atoms with E-state index in [0.717, 1.165) is 12.5 Å². The first-order valence-corrected chi connectivity index (χ1v) is 6.79. The summed E-state index contributed by atoms with van der Waals surface area (Å²) in [5, 5.41) is 7.95. The molecule has 0 amide bonds. The van der Waals surface area contributed by atoms with Gasteiger partial charge in [-0.25, -0.2) is 0 Å². The van der Waals surface area contributed by atoms with Crippen molar-refractivity contribution in [3.8, 4) is 0 Å². The standard InChI is InChI=1S/C14H25N3/c1-5-17-10-12(9-15-17)16-13-6-7-14(3,4)8-11(13)2/h9-11,13,16H,5-8H2,1-4H3. The second-order valence-electron chi connectivity index (χ2n) is 6.22. The normalized spacial score (nSPS) is 28.0. The molecule has 1 fully saturated rings. The van der Waals surface area contributed by atoms with Crippen LogP contribution in [0.3, 0.4) is 0 Å². The minimum atomic E-state index is 0.519. The van der Waals surface area contributed by atoms with Gasteiger partial charge in [0, 0.05) is 18.8 Å². The molecule has 1 aromatic heterocycles. The van der Waals surface area contributed by atoms with Gasteiger partial charge < -0.3 is 5.32 Å². The minimum Gasteiger partial charge on any atom is -0.380 e. The van der Waals surface area contributed by atoms with Gasteiger partial charge in [-0.3, -0.25) is 4.68 Å². The molecule has 0 aromatic carbocycles. The van der Waals surface area contributed by atoms with Crippen LogP contribution in [0.25, 0.3) is 0 Å². The van der Waals surface area contributed by atoms with Crippen LogP contribution in [0.2, 0.25) is 0 Å². The second kappa shape index (κ2) is 4.71. The average Bonchev–Trinajstić information content (AvgIpc) is 2.69. The van der Waals surface area contributed by atoms with Gasteiger partial charge in [0.15, 0.2) is 0 Å². The first-order valence-electron chi connectivity index (χ1n) is 6.79. The van der Waals surface area contributed by atoms with Crippen molar-refractivity contribution in [1.82, 2.24) is 9.78 Å². The Kier molecular flexibility index (Phi) is 3.45. The second-order valence-corrected chi connectivity index (χ2v) is 6.22. The van der Waals surface area contributed by atoms with Crippen molar-refractivity contribution in [3.05, 3.63) is 12.4 Å². The number of aryl methyl sites for hydroxylation is 1. The molecule has 1 saturated carbocycles. The van der Waals surface area contributed by atoms with Crippen molar-refractivity contribution in [2.45, 2.75) is 59.5 Å². The molecule has 1 heterocycles. The third-order valence-electron chi connectivity index (χ3n) is 4.00. The van der Waals surface area contributed by atoms with Gasteiger partial charge in [0.1, 0.15) is 0 Å². The maximum atomic E-state index is 4.31. The van der Waals surface area contributed by atoms with Crippen LogP contribution in [0.15, 0.2) is 12.4 Å². The quantitative estimate of drug-likeness (QED) is 0.868. The molecule has 2 unspecified atom stereocenters. The fourth-order valence-electron chi connectivity index (χ4n) is 2.99. The van der Waals surface area contributed by atoms with E-state index in [9.17, 15) is 0 Å². The highest BCUT2D eigenvalue weighted by atomic mass is 15.3. The topological polar surface area (TPSA) is 29.9 Å². The molecule has 2 atom stereocenters. The SMILES string of the molecule is CCn1cc(NC2CCC(C)(C)CC2C)cn1. The Bertz CT molecular complexity index is 367. The summed E-state index contributed by atoms with van der Waals surface area (Å²) in [7, 11) is 0. The van der Waals surface area contributed by atoms with Gasteiger partial charge in [0.2, 0.25) is 0 Å². The third-order valence-corrected chi connectivity index (χ3v) is 4.00. The fraction of sp³-hybridized carbons (Fsp3) is 0.786. The number of hydrogen-bond acceptors (Lipinski definition) is 2. The largest absolute Gasteiger partial charge is 0.380 e. The number of nitrogens with zero attached hydrogens (tertiary/aromatic N) is 2. The molecule has 1 aliphatic rings. The monoisotopic (exact) mass is 235 g/mol. The number of anilines is 1. The number of aromatic nitrogens is 2. The van der Waals surface area contributed by atoms with Crippen molar-refractivity contribution in [1.29, 1.82) is 0 Å². The Morgan fingerprint density at radius 2 is 2.29 bits per heavy atom. The molecule has 17 heavy (non-hydrogen) atoms. The van der Waals surface area contributed by atoms with Gasteiger partial charge in [-0.2, -0.15) is 5.10 Å². The maximum absolute atomic E-state index is 4.31. The summed E-state index contributed by atoms with van der Waals surface area (Å²) in [5.41, 5.74) is 1.69. The summed E-state index contributed by atoms with van der Waals surface area (Å²) in [6, 6.07) is 0.609. The number of rotatable bonds is 3. The van der Waals surface area contributed by atoms with Gasteiger partial charge in [-0.1, -0.05) is 20.8 Å². The van der Waals surface area contributed by atoms with Gasteiger partial charge in [0.05, 0.1) is 11.9 Å². The van der Waals surface area contributed by atoms with E-state index in [2.05, 4.69) is 44.3 Å². The molecular weight excluding hydrogens is 210 g/mol. The highest BCUT2D eigenvalue weighted by Gasteiger charge is 2.32. The molecule has 96 valence electrons. The average molecular weight is 235 g/mol. The lowest BCUT2D eigenvalue weighted by Crippen LogP contribution is -2.36. The van der Waals surface area contributed by atoms with Crippen LogP contribution in [0.5, 0.6) is 0 Å². The van der Waals surface area contributed by atoms with Crippen molar-refractivity contribution >= 4 is 5.69 Å². The first-order chi connectivity index (χ1) is 8.00. The van der Waals surface area contributed by atoms with Crippen LogP contribution in [0, 0.1) is 11.3 Å². The van der Waals surface area contributed by atoms with Crippen molar-refractivity contribution in [2.24, 2.45) is 11.3 Å². The van der Waals surface area contributed by atoms with E-state index in [0.29, 0.717) is 11.5 Å². The maximum Gasteiger partial charge on any atom is 0.0728 e. The van der Waals surface area contributed by atoms with Crippen LogP contribution < -0.4 is 5.32 Å². The smallest absolute Gasteiger partial charge is 0.0728 e. The Morgan fingerprint density at radius 1 is 1.53 bits per heavy atom. The molecule has 0 radical (unpaired) electrons. The van der Waals surface area contributed by atoms with E-state index in [-0.39, 0.29) is 0 Å². The van der Waals surface area contributed by atoms with Gasteiger partial charge in [-0.15, -0.1) is 0 Å². The summed E-state index contributed by atoms with van der Waals surface area (Å²) in [6.45, 7) is 10.2. The van der Waals surface area contributed by atoms with E-state index >= 15 is 0 Å². The van der Waals surface area contributed by atoms with Crippen molar-refractivity contribution in [3.63, 3.8) is 0 Å². The molecule has 0 aliphatic heterocycles. The summed E-state index contributed by atoms with van der Waals surface area (Å²) >= 11 is 0. The summed E-state index contributed by atoms with van der Waals surface area (Å²) in [5.74, 6) is 0.740. The zero-order valence-electron chi connectivity index (χ0n) is 11.5. The van der Waals surface area contributed by atoms with E-state index < -0.39 is 0 Å². The van der Waals surface area contributed by atoms with Crippen LogP contribution in [-0.4, -0.2) is 15.8 Å². The Hall–Kier alpha value is -0.990. The minimum absolute atomic E-state index is 0.519. The fourth-order valence-corrected chi connectivity index (χ4v) is 2.99.